The van der Waals surface area contributed by atoms with Gasteiger partial charge in [-0.15, -0.1) is 0 Å². The van der Waals surface area contributed by atoms with Crippen LogP contribution in [0.2, 0.25) is 0 Å². The Morgan fingerprint density at radius 3 is 2.50 bits per heavy atom. The summed E-state index contributed by atoms with van der Waals surface area (Å²) in [7, 11) is -3.70. The lowest BCUT2D eigenvalue weighted by Gasteiger charge is -2.12. The number of carbonyl (C=O) groups is 1. The monoisotopic (exact) mass is 425 g/mol. The molecule has 0 fully saturated rings. The predicted octanol–water partition coefficient (Wildman–Crippen LogP) is 3.16. The number of amides is 1. The molecule has 7 nitrogen and oxygen atoms in total. The van der Waals surface area contributed by atoms with Crippen LogP contribution >= 0.6 is 0 Å². The highest BCUT2D eigenvalue weighted by atomic mass is 32.2. The molecule has 0 atom stereocenters. The number of hydrogen-bond donors (Lipinski definition) is 2. The molecule has 0 aliphatic carbocycles. The maximum Gasteiger partial charge on any atom is 0.264 e. The number of rotatable bonds is 6. The third kappa shape index (κ3) is 4.83. The van der Waals surface area contributed by atoms with Crippen molar-refractivity contribution in [2.75, 3.05) is 11.1 Å². The van der Waals surface area contributed by atoms with Gasteiger partial charge in [0.2, 0.25) is 5.91 Å². The van der Waals surface area contributed by atoms with E-state index in [1.165, 1.54) is 18.2 Å². The molecule has 0 saturated carbocycles. The number of aromatic amines is 1. The SMILES string of the molecule is Cc1ccc(-c2ccc(=O)[nH]n2)cc1S(=O)(=O)CCC(=O)Nc1cccc(C)c1C. The smallest absolute Gasteiger partial charge is 0.264 e. The Morgan fingerprint density at radius 2 is 1.80 bits per heavy atom. The van der Waals surface area contributed by atoms with Crippen molar-refractivity contribution in [1.29, 1.82) is 0 Å². The van der Waals surface area contributed by atoms with Crippen LogP contribution in [0.5, 0.6) is 0 Å². The number of sulfone groups is 1. The first-order valence-corrected chi connectivity index (χ1v) is 11.1. The maximum absolute atomic E-state index is 12.9. The Bertz CT molecular complexity index is 1240. The maximum atomic E-state index is 12.9. The summed E-state index contributed by atoms with van der Waals surface area (Å²) >= 11 is 0. The zero-order valence-corrected chi connectivity index (χ0v) is 17.8. The number of H-pyrrole nitrogens is 1. The van der Waals surface area contributed by atoms with Crippen molar-refractivity contribution in [1.82, 2.24) is 10.2 Å². The molecule has 1 amide bonds. The average molecular weight is 426 g/mol. The summed E-state index contributed by atoms with van der Waals surface area (Å²) in [6.45, 7) is 5.55. The molecule has 0 aliphatic heterocycles. The average Bonchev–Trinajstić information content (AvgIpc) is 2.71. The summed E-state index contributed by atoms with van der Waals surface area (Å²) in [5.41, 5.74) is 3.94. The van der Waals surface area contributed by atoms with Crippen LogP contribution in [0, 0.1) is 20.8 Å². The molecule has 1 aromatic heterocycles. The summed E-state index contributed by atoms with van der Waals surface area (Å²) in [6, 6.07) is 13.4. The van der Waals surface area contributed by atoms with Gasteiger partial charge in [0, 0.05) is 23.7 Å². The number of hydrogen-bond acceptors (Lipinski definition) is 5. The van der Waals surface area contributed by atoms with Crippen molar-refractivity contribution in [3.8, 4) is 11.3 Å². The van der Waals surface area contributed by atoms with E-state index in [2.05, 4.69) is 15.5 Å². The molecule has 2 N–H and O–H groups in total. The van der Waals surface area contributed by atoms with Crippen molar-refractivity contribution < 1.29 is 13.2 Å². The Kier molecular flexibility index (Phi) is 6.17. The van der Waals surface area contributed by atoms with Gasteiger partial charge in [0.15, 0.2) is 9.84 Å². The third-order valence-electron chi connectivity index (χ3n) is 4.97. The summed E-state index contributed by atoms with van der Waals surface area (Å²) < 4.78 is 25.8. The minimum absolute atomic E-state index is 0.146. The molecule has 0 spiro atoms. The number of nitrogens with one attached hydrogen (secondary N) is 2. The van der Waals surface area contributed by atoms with E-state index in [0.717, 1.165) is 11.1 Å². The molecule has 156 valence electrons. The van der Waals surface area contributed by atoms with E-state index in [9.17, 15) is 18.0 Å². The van der Waals surface area contributed by atoms with Gasteiger partial charge >= 0.3 is 0 Å². The van der Waals surface area contributed by atoms with Crippen LogP contribution in [0.15, 0.2) is 58.2 Å². The van der Waals surface area contributed by atoms with Crippen molar-refractivity contribution in [3.63, 3.8) is 0 Å². The van der Waals surface area contributed by atoms with E-state index >= 15 is 0 Å². The van der Waals surface area contributed by atoms with E-state index < -0.39 is 9.84 Å². The summed E-state index contributed by atoms with van der Waals surface area (Å²) in [4.78, 5) is 23.7. The zero-order valence-electron chi connectivity index (χ0n) is 17.0. The van der Waals surface area contributed by atoms with Crippen LogP contribution in [0.1, 0.15) is 23.1 Å². The van der Waals surface area contributed by atoms with Crippen molar-refractivity contribution in [2.45, 2.75) is 32.1 Å². The van der Waals surface area contributed by atoms with Crippen LogP contribution in [0.4, 0.5) is 5.69 Å². The lowest BCUT2D eigenvalue weighted by atomic mass is 10.1. The van der Waals surface area contributed by atoms with E-state index in [4.69, 9.17) is 0 Å². The lowest BCUT2D eigenvalue weighted by Crippen LogP contribution is -2.18. The first kappa shape index (κ1) is 21.4. The molecule has 0 radical (unpaired) electrons. The van der Waals surface area contributed by atoms with E-state index in [-0.39, 0.29) is 28.5 Å². The second kappa shape index (κ2) is 8.62. The first-order valence-electron chi connectivity index (χ1n) is 9.43. The first-order chi connectivity index (χ1) is 14.2. The van der Waals surface area contributed by atoms with Gasteiger partial charge in [0.25, 0.3) is 5.56 Å². The van der Waals surface area contributed by atoms with E-state index in [1.54, 1.807) is 25.1 Å². The molecule has 0 aliphatic rings. The quantitative estimate of drug-likeness (QED) is 0.630. The Hall–Kier alpha value is -3.26. The molecule has 3 aromatic rings. The van der Waals surface area contributed by atoms with Crippen LogP contribution < -0.4 is 10.9 Å². The van der Waals surface area contributed by atoms with E-state index in [0.29, 0.717) is 22.5 Å². The van der Waals surface area contributed by atoms with Gasteiger partial charge in [-0.2, -0.15) is 5.10 Å². The highest BCUT2D eigenvalue weighted by Gasteiger charge is 2.20. The second-order valence-electron chi connectivity index (χ2n) is 7.15. The van der Waals surface area contributed by atoms with Gasteiger partial charge in [-0.05, 0) is 55.7 Å². The third-order valence-corrected chi connectivity index (χ3v) is 6.83. The zero-order chi connectivity index (χ0) is 21.9. The second-order valence-corrected chi connectivity index (χ2v) is 9.23. The number of aryl methyl sites for hydroxylation is 2. The molecule has 2 aromatic carbocycles. The molecule has 0 unspecified atom stereocenters. The topological polar surface area (TPSA) is 109 Å². The minimum Gasteiger partial charge on any atom is -0.326 e. The summed E-state index contributed by atoms with van der Waals surface area (Å²) in [5.74, 6) is -0.670. The fraction of sp³-hybridized carbons (Fsp3) is 0.227. The molecular weight excluding hydrogens is 402 g/mol. The van der Waals surface area contributed by atoms with Crippen molar-refractivity contribution in [2.24, 2.45) is 0 Å². The number of anilines is 1. The van der Waals surface area contributed by atoms with Crippen molar-refractivity contribution >= 4 is 21.4 Å². The fourth-order valence-corrected chi connectivity index (χ4v) is 4.58. The molecule has 1 heterocycles. The molecular formula is C22H23N3O4S. The fourth-order valence-electron chi connectivity index (χ4n) is 3.04. The molecule has 8 heteroatoms. The number of carbonyl (C=O) groups excluding carboxylic acids is 1. The standard InChI is InChI=1S/C22H23N3O4S/c1-14-5-4-6-18(16(14)3)23-21(26)11-12-30(28,29)20-13-17(8-7-15(20)2)19-9-10-22(27)25-24-19/h4-10,13H,11-12H2,1-3H3,(H,23,26)(H,25,27). The van der Waals surface area contributed by atoms with Crippen molar-refractivity contribution in [3.05, 3.63) is 75.6 Å². The van der Waals surface area contributed by atoms with Crippen LogP contribution in [-0.4, -0.2) is 30.3 Å². The van der Waals surface area contributed by atoms with Gasteiger partial charge in [0.1, 0.15) is 0 Å². The Morgan fingerprint density at radius 1 is 1.03 bits per heavy atom. The van der Waals surface area contributed by atoms with Gasteiger partial charge in [-0.1, -0.05) is 24.3 Å². The highest BCUT2D eigenvalue weighted by Crippen LogP contribution is 2.25. The van der Waals surface area contributed by atoms with Gasteiger partial charge in [-0.25, -0.2) is 13.5 Å². The number of nitrogens with zero attached hydrogens (tertiary/aromatic N) is 1. The molecule has 0 saturated heterocycles. The van der Waals surface area contributed by atoms with Gasteiger partial charge in [0.05, 0.1) is 16.3 Å². The molecule has 3 rings (SSSR count). The summed E-state index contributed by atoms with van der Waals surface area (Å²) in [5, 5.41) is 9.06. The minimum atomic E-state index is -3.70. The molecule has 30 heavy (non-hydrogen) atoms. The molecule has 0 bridgehead atoms. The predicted molar refractivity (Wildman–Crippen MR) is 116 cm³/mol. The van der Waals surface area contributed by atoms with Crippen LogP contribution in [-0.2, 0) is 14.6 Å². The van der Waals surface area contributed by atoms with Crippen LogP contribution in [0.25, 0.3) is 11.3 Å². The lowest BCUT2D eigenvalue weighted by molar-refractivity contribution is -0.115. The Balaban J connectivity index is 1.77. The summed E-state index contributed by atoms with van der Waals surface area (Å²) in [6.07, 6.45) is -0.156. The highest BCUT2D eigenvalue weighted by molar-refractivity contribution is 7.91. The number of benzene rings is 2. The largest absolute Gasteiger partial charge is 0.326 e. The van der Waals surface area contributed by atoms with Gasteiger partial charge < -0.3 is 5.32 Å². The normalized spacial score (nSPS) is 11.3. The van der Waals surface area contributed by atoms with E-state index in [1.807, 2.05) is 26.0 Å². The van der Waals surface area contributed by atoms with Crippen LogP contribution in [0.3, 0.4) is 0 Å². The Labute approximate surface area is 175 Å². The number of aromatic nitrogens is 2. The van der Waals surface area contributed by atoms with Gasteiger partial charge in [-0.3, -0.25) is 9.59 Å².